The lowest BCUT2D eigenvalue weighted by atomic mass is 10.2. The summed E-state index contributed by atoms with van der Waals surface area (Å²) >= 11 is 0. The van der Waals surface area contributed by atoms with Gasteiger partial charge in [-0.05, 0) is 12.1 Å². The fraction of sp³-hybridized carbons (Fsp3) is 0.0909. The smallest absolute Gasteiger partial charge is 0.375 e. The molecule has 0 radical (unpaired) electrons. The lowest BCUT2D eigenvalue weighted by Crippen LogP contribution is -2.12. The van der Waals surface area contributed by atoms with Gasteiger partial charge in [-0.25, -0.2) is 4.79 Å². The first-order valence-corrected chi connectivity index (χ1v) is 4.48. The number of benzene rings is 1. The standard InChI is InChI=1S/C11H8O5/c1-15-9-8(12)6-4-2-3-5-7(6)16-10(9)11(13)14/h2-5H,1H3,(H,13,14). The van der Waals surface area contributed by atoms with Crippen LogP contribution in [0.5, 0.6) is 5.75 Å². The molecule has 0 saturated carbocycles. The summed E-state index contributed by atoms with van der Waals surface area (Å²) in [5.74, 6) is -2.10. The molecule has 82 valence electrons. The van der Waals surface area contributed by atoms with Crippen LogP contribution in [0.2, 0.25) is 0 Å². The summed E-state index contributed by atoms with van der Waals surface area (Å²) in [4.78, 5) is 22.7. The molecule has 0 saturated heterocycles. The molecule has 5 heteroatoms. The molecule has 0 bridgehead atoms. The second kappa shape index (κ2) is 3.69. The van der Waals surface area contributed by atoms with Gasteiger partial charge in [-0.1, -0.05) is 12.1 Å². The van der Waals surface area contributed by atoms with Crippen LogP contribution in [0, 0.1) is 0 Å². The third kappa shape index (κ3) is 1.42. The number of hydrogen-bond acceptors (Lipinski definition) is 4. The molecule has 0 aliphatic rings. The fourth-order valence-corrected chi connectivity index (χ4v) is 1.45. The molecule has 0 amide bonds. The van der Waals surface area contributed by atoms with Gasteiger partial charge in [0.05, 0.1) is 12.5 Å². The summed E-state index contributed by atoms with van der Waals surface area (Å²) in [5, 5.41) is 9.16. The zero-order valence-electron chi connectivity index (χ0n) is 8.39. The Balaban J connectivity index is 2.93. The molecule has 5 nitrogen and oxygen atoms in total. The molecule has 16 heavy (non-hydrogen) atoms. The van der Waals surface area contributed by atoms with Crippen molar-refractivity contribution in [3.8, 4) is 5.75 Å². The Hall–Kier alpha value is -2.30. The highest BCUT2D eigenvalue weighted by Crippen LogP contribution is 2.20. The zero-order chi connectivity index (χ0) is 11.7. The maximum absolute atomic E-state index is 11.8. The van der Waals surface area contributed by atoms with Crippen molar-refractivity contribution < 1.29 is 19.1 Å². The van der Waals surface area contributed by atoms with Crippen molar-refractivity contribution in [3.05, 3.63) is 40.2 Å². The summed E-state index contributed by atoms with van der Waals surface area (Å²) in [7, 11) is 1.23. The van der Waals surface area contributed by atoms with Gasteiger partial charge in [0.1, 0.15) is 5.58 Å². The van der Waals surface area contributed by atoms with Gasteiger partial charge in [-0.3, -0.25) is 4.79 Å². The van der Waals surface area contributed by atoms with Crippen LogP contribution < -0.4 is 10.2 Å². The van der Waals surface area contributed by atoms with Gasteiger partial charge >= 0.3 is 5.97 Å². The first kappa shape index (κ1) is 10.2. The van der Waals surface area contributed by atoms with E-state index in [1.807, 2.05) is 0 Å². The van der Waals surface area contributed by atoms with Gasteiger partial charge in [-0.15, -0.1) is 0 Å². The molecular formula is C11H8O5. The third-order valence-electron chi connectivity index (χ3n) is 2.15. The summed E-state index contributed by atoms with van der Waals surface area (Å²) in [6.07, 6.45) is 0. The summed E-state index contributed by atoms with van der Waals surface area (Å²) in [6, 6.07) is 6.40. The van der Waals surface area contributed by atoms with E-state index in [0.29, 0.717) is 5.39 Å². The van der Waals surface area contributed by atoms with E-state index in [1.54, 1.807) is 18.2 Å². The number of methoxy groups -OCH3 is 1. The molecule has 1 aromatic carbocycles. The summed E-state index contributed by atoms with van der Waals surface area (Å²) in [5.41, 5.74) is -0.257. The second-order valence-corrected chi connectivity index (χ2v) is 3.09. The van der Waals surface area contributed by atoms with Crippen molar-refractivity contribution in [1.29, 1.82) is 0 Å². The van der Waals surface area contributed by atoms with Gasteiger partial charge in [0.2, 0.25) is 11.2 Å². The molecule has 1 N–H and O–H groups in total. The average Bonchev–Trinajstić information content (AvgIpc) is 2.29. The van der Waals surface area contributed by atoms with E-state index in [-0.39, 0.29) is 11.3 Å². The maximum Gasteiger partial charge on any atom is 0.375 e. The summed E-state index contributed by atoms with van der Waals surface area (Å²) < 4.78 is 9.86. The highest BCUT2D eigenvalue weighted by atomic mass is 16.5. The first-order valence-electron chi connectivity index (χ1n) is 4.48. The van der Waals surface area contributed by atoms with Crippen LogP contribution in [-0.2, 0) is 0 Å². The molecule has 1 aromatic heterocycles. The highest BCUT2D eigenvalue weighted by molar-refractivity contribution is 5.91. The maximum atomic E-state index is 11.8. The van der Waals surface area contributed by atoms with Crippen LogP contribution in [0.4, 0.5) is 0 Å². The normalized spacial score (nSPS) is 10.3. The van der Waals surface area contributed by atoms with E-state index in [0.717, 1.165) is 0 Å². The number of carbonyl (C=O) groups is 1. The Labute approximate surface area is 89.9 Å². The molecule has 1 heterocycles. The van der Waals surface area contributed by atoms with Gasteiger partial charge in [0.25, 0.3) is 5.76 Å². The lowest BCUT2D eigenvalue weighted by Gasteiger charge is -2.04. The predicted octanol–water partition coefficient (Wildman–Crippen LogP) is 1.50. The van der Waals surface area contributed by atoms with Gasteiger partial charge < -0.3 is 14.3 Å². The van der Waals surface area contributed by atoms with E-state index in [1.165, 1.54) is 13.2 Å². The minimum atomic E-state index is -1.33. The fourth-order valence-electron chi connectivity index (χ4n) is 1.45. The number of carboxylic acid groups (broad SMARTS) is 1. The Kier molecular flexibility index (Phi) is 2.36. The molecule has 0 atom stereocenters. The van der Waals surface area contributed by atoms with Crippen molar-refractivity contribution in [2.45, 2.75) is 0 Å². The van der Waals surface area contributed by atoms with E-state index in [2.05, 4.69) is 0 Å². The van der Waals surface area contributed by atoms with Crippen LogP contribution in [0.3, 0.4) is 0 Å². The van der Waals surface area contributed by atoms with Crippen LogP contribution in [-0.4, -0.2) is 18.2 Å². The van der Waals surface area contributed by atoms with E-state index in [4.69, 9.17) is 14.3 Å². The topological polar surface area (TPSA) is 76.7 Å². The zero-order valence-corrected chi connectivity index (χ0v) is 8.39. The van der Waals surface area contributed by atoms with Crippen molar-refractivity contribution in [1.82, 2.24) is 0 Å². The molecule has 2 rings (SSSR count). The Bertz CT molecular complexity index is 611. The van der Waals surface area contributed by atoms with Crippen LogP contribution in [0.25, 0.3) is 11.0 Å². The monoisotopic (exact) mass is 220 g/mol. The predicted molar refractivity (Wildman–Crippen MR) is 56.0 cm³/mol. The quantitative estimate of drug-likeness (QED) is 0.829. The van der Waals surface area contributed by atoms with Crippen molar-refractivity contribution in [3.63, 3.8) is 0 Å². The van der Waals surface area contributed by atoms with Crippen molar-refractivity contribution in [2.24, 2.45) is 0 Å². The third-order valence-corrected chi connectivity index (χ3v) is 2.15. The number of rotatable bonds is 2. The van der Waals surface area contributed by atoms with E-state index >= 15 is 0 Å². The molecule has 0 unspecified atom stereocenters. The SMILES string of the molecule is COc1c(C(=O)O)oc2ccccc2c1=O. The van der Waals surface area contributed by atoms with Gasteiger partial charge in [0, 0.05) is 0 Å². The number of hydrogen-bond donors (Lipinski definition) is 1. The highest BCUT2D eigenvalue weighted by Gasteiger charge is 2.20. The molecule has 0 aliphatic carbocycles. The lowest BCUT2D eigenvalue weighted by molar-refractivity contribution is 0.0657. The van der Waals surface area contributed by atoms with Crippen LogP contribution in [0.1, 0.15) is 10.6 Å². The molecule has 0 spiro atoms. The minimum Gasteiger partial charge on any atom is -0.489 e. The average molecular weight is 220 g/mol. The minimum absolute atomic E-state index is 0.228. The molecular weight excluding hydrogens is 212 g/mol. The van der Waals surface area contributed by atoms with Crippen molar-refractivity contribution >= 4 is 16.9 Å². The summed E-state index contributed by atoms with van der Waals surface area (Å²) in [6.45, 7) is 0. The Morgan fingerprint density at radius 2 is 2.06 bits per heavy atom. The Morgan fingerprint density at radius 3 is 2.69 bits per heavy atom. The number of aromatic carboxylic acids is 1. The largest absolute Gasteiger partial charge is 0.489 e. The van der Waals surface area contributed by atoms with Crippen LogP contribution >= 0.6 is 0 Å². The molecule has 2 aromatic rings. The molecule has 0 fully saturated rings. The van der Waals surface area contributed by atoms with Crippen molar-refractivity contribution in [2.75, 3.05) is 7.11 Å². The van der Waals surface area contributed by atoms with E-state index in [9.17, 15) is 9.59 Å². The number of carboxylic acids is 1. The second-order valence-electron chi connectivity index (χ2n) is 3.09. The van der Waals surface area contributed by atoms with E-state index < -0.39 is 17.2 Å². The molecule has 0 aliphatic heterocycles. The van der Waals surface area contributed by atoms with Gasteiger partial charge in [0.15, 0.2) is 0 Å². The van der Waals surface area contributed by atoms with Gasteiger partial charge in [-0.2, -0.15) is 0 Å². The van der Waals surface area contributed by atoms with Crippen LogP contribution in [0.15, 0.2) is 33.5 Å². The number of fused-ring (bicyclic) bond motifs is 1. The Morgan fingerprint density at radius 1 is 1.38 bits per heavy atom. The number of para-hydroxylation sites is 1. The first-order chi connectivity index (χ1) is 7.65. The number of ether oxygens (including phenoxy) is 1.